The minimum atomic E-state index is -0.138. The third-order valence-corrected chi connectivity index (χ3v) is 4.06. The SMILES string of the molecule is NC(c1ccc(Br)cc1)c1cccc2c1OCCC2. The van der Waals surface area contributed by atoms with E-state index in [1.165, 1.54) is 5.56 Å². The topological polar surface area (TPSA) is 35.2 Å². The number of ether oxygens (including phenoxy) is 1. The van der Waals surface area contributed by atoms with Crippen molar-refractivity contribution in [3.05, 3.63) is 63.6 Å². The van der Waals surface area contributed by atoms with Gasteiger partial charge in [-0.3, -0.25) is 0 Å². The molecule has 0 spiro atoms. The molecular formula is C16H16BrNO. The molecule has 19 heavy (non-hydrogen) atoms. The summed E-state index contributed by atoms with van der Waals surface area (Å²) < 4.78 is 6.90. The summed E-state index contributed by atoms with van der Waals surface area (Å²) in [5.74, 6) is 0.990. The predicted molar refractivity (Wildman–Crippen MR) is 80.4 cm³/mol. The number of aryl methyl sites for hydroxylation is 1. The molecule has 0 amide bonds. The number of benzene rings is 2. The van der Waals surface area contributed by atoms with Crippen LogP contribution in [-0.4, -0.2) is 6.61 Å². The van der Waals surface area contributed by atoms with Crippen LogP contribution in [0.1, 0.15) is 29.2 Å². The van der Waals surface area contributed by atoms with Crippen LogP contribution in [0.15, 0.2) is 46.9 Å². The second kappa shape index (κ2) is 5.35. The van der Waals surface area contributed by atoms with E-state index in [1.54, 1.807) is 0 Å². The van der Waals surface area contributed by atoms with Crippen molar-refractivity contribution >= 4 is 15.9 Å². The van der Waals surface area contributed by atoms with E-state index in [2.05, 4.69) is 46.3 Å². The van der Waals surface area contributed by atoms with Gasteiger partial charge in [0.1, 0.15) is 5.75 Å². The fourth-order valence-corrected chi connectivity index (χ4v) is 2.77. The van der Waals surface area contributed by atoms with Crippen molar-refractivity contribution in [1.82, 2.24) is 0 Å². The highest BCUT2D eigenvalue weighted by Gasteiger charge is 2.19. The van der Waals surface area contributed by atoms with Crippen LogP contribution >= 0.6 is 15.9 Å². The van der Waals surface area contributed by atoms with Crippen LogP contribution in [0.5, 0.6) is 5.75 Å². The molecule has 3 rings (SSSR count). The van der Waals surface area contributed by atoms with Crippen LogP contribution in [-0.2, 0) is 6.42 Å². The van der Waals surface area contributed by atoms with E-state index >= 15 is 0 Å². The van der Waals surface area contributed by atoms with Gasteiger partial charge in [0.2, 0.25) is 0 Å². The standard InChI is InChI=1S/C16H16BrNO/c17-13-8-6-11(7-9-13)15(18)14-5-1-3-12-4-2-10-19-16(12)14/h1,3,5-9,15H,2,4,10,18H2. The van der Waals surface area contributed by atoms with Gasteiger partial charge in [-0.05, 0) is 36.1 Å². The second-order valence-electron chi connectivity index (χ2n) is 4.82. The average molecular weight is 318 g/mol. The van der Waals surface area contributed by atoms with Crippen LogP contribution < -0.4 is 10.5 Å². The normalized spacial score (nSPS) is 15.5. The van der Waals surface area contributed by atoms with Gasteiger partial charge in [-0.1, -0.05) is 46.3 Å². The minimum absolute atomic E-state index is 0.138. The van der Waals surface area contributed by atoms with Crippen molar-refractivity contribution in [2.75, 3.05) is 6.61 Å². The summed E-state index contributed by atoms with van der Waals surface area (Å²) in [6.45, 7) is 0.789. The average Bonchev–Trinajstić information content (AvgIpc) is 2.47. The Balaban J connectivity index is 1.99. The highest BCUT2D eigenvalue weighted by atomic mass is 79.9. The Bertz CT molecular complexity index is 580. The highest BCUT2D eigenvalue weighted by molar-refractivity contribution is 9.10. The maximum Gasteiger partial charge on any atom is 0.127 e. The number of hydrogen-bond donors (Lipinski definition) is 1. The Kier molecular flexibility index (Phi) is 3.58. The summed E-state index contributed by atoms with van der Waals surface area (Å²) in [4.78, 5) is 0. The Morgan fingerprint density at radius 3 is 2.68 bits per heavy atom. The predicted octanol–water partition coefficient (Wildman–Crippen LogP) is 3.82. The van der Waals surface area contributed by atoms with Crippen molar-refractivity contribution in [2.45, 2.75) is 18.9 Å². The van der Waals surface area contributed by atoms with Crippen molar-refractivity contribution in [3.8, 4) is 5.75 Å². The number of hydrogen-bond acceptors (Lipinski definition) is 2. The van der Waals surface area contributed by atoms with E-state index in [1.807, 2.05) is 12.1 Å². The molecule has 0 fully saturated rings. The molecule has 2 aromatic rings. The monoisotopic (exact) mass is 317 g/mol. The second-order valence-corrected chi connectivity index (χ2v) is 5.73. The van der Waals surface area contributed by atoms with E-state index in [0.717, 1.165) is 40.8 Å². The van der Waals surface area contributed by atoms with Gasteiger partial charge >= 0.3 is 0 Å². The van der Waals surface area contributed by atoms with Gasteiger partial charge < -0.3 is 10.5 Å². The Morgan fingerprint density at radius 2 is 1.89 bits per heavy atom. The minimum Gasteiger partial charge on any atom is -0.493 e. The molecule has 1 unspecified atom stereocenters. The van der Waals surface area contributed by atoms with E-state index in [4.69, 9.17) is 10.5 Å². The van der Waals surface area contributed by atoms with E-state index in [-0.39, 0.29) is 6.04 Å². The molecule has 2 aromatic carbocycles. The molecule has 1 heterocycles. The van der Waals surface area contributed by atoms with Gasteiger partial charge in [0.05, 0.1) is 12.6 Å². The fourth-order valence-electron chi connectivity index (χ4n) is 2.51. The Labute approximate surface area is 121 Å². The van der Waals surface area contributed by atoms with E-state index in [9.17, 15) is 0 Å². The summed E-state index contributed by atoms with van der Waals surface area (Å²) in [5, 5.41) is 0. The lowest BCUT2D eigenvalue weighted by molar-refractivity contribution is 0.284. The molecule has 2 nitrogen and oxygen atoms in total. The molecule has 0 aliphatic carbocycles. The van der Waals surface area contributed by atoms with E-state index < -0.39 is 0 Å². The first kappa shape index (κ1) is 12.7. The largest absolute Gasteiger partial charge is 0.493 e. The van der Waals surface area contributed by atoms with Gasteiger partial charge in [-0.2, -0.15) is 0 Å². The van der Waals surface area contributed by atoms with Crippen LogP contribution in [0, 0.1) is 0 Å². The molecule has 98 valence electrons. The first-order valence-corrected chi connectivity index (χ1v) is 7.30. The van der Waals surface area contributed by atoms with Crippen LogP contribution in [0.25, 0.3) is 0 Å². The maximum absolute atomic E-state index is 6.40. The number of halogens is 1. The molecule has 0 bridgehead atoms. The highest BCUT2D eigenvalue weighted by Crippen LogP contribution is 2.34. The number of para-hydroxylation sites is 1. The summed E-state index contributed by atoms with van der Waals surface area (Å²) >= 11 is 3.45. The third-order valence-electron chi connectivity index (χ3n) is 3.53. The van der Waals surface area contributed by atoms with Gasteiger partial charge in [-0.25, -0.2) is 0 Å². The molecule has 1 atom stereocenters. The summed E-state index contributed by atoms with van der Waals surface area (Å²) in [5.41, 5.74) is 9.85. The molecule has 0 saturated heterocycles. The smallest absolute Gasteiger partial charge is 0.127 e. The van der Waals surface area contributed by atoms with Crippen LogP contribution in [0.4, 0.5) is 0 Å². The zero-order chi connectivity index (χ0) is 13.2. The molecule has 2 N–H and O–H groups in total. The van der Waals surface area contributed by atoms with Crippen LogP contribution in [0.3, 0.4) is 0 Å². The first-order chi connectivity index (χ1) is 9.25. The third kappa shape index (κ3) is 2.53. The van der Waals surface area contributed by atoms with Gasteiger partial charge in [-0.15, -0.1) is 0 Å². The van der Waals surface area contributed by atoms with Crippen molar-refractivity contribution < 1.29 is 4.74 Å². The fraction of sp³-hybridized carbons (Fsp3) is 0.250. The van der Waals surface area contributed by atoms with Gasteiger partial charge in [0.25, 0.3) is 0 Å². The van der Waals surface area contributed by atoms with E-state index in [0.29, 0.717) is 0 Å². The lowest BCUT2D eigenvalue weighted by Crippen LogP contribution is -2.17. The summed E-state index contributed by atoms with van der Waals surface area (Å²) in [7, 11) is 0. The van der Waals surface area contributed by atoms with Crippen LogP contribution in [0.2, 0.25) is 0 Å². The zero-order valence-electron chi connectivity index (χ0n) is 10.6. The van der Waals surface area contributed by atoms with Gasteiger partial charge in [0.15, 0.2) is 0 Å². The van der Waals surface area contributed by atoms with Crippen molar-refractivity contribution in [1.29, 1.82) is 0 Å². The quantitative estimate of drug-likeness (QED) is 0.913. The maximum atomic E-state index is 6.40. The lowest BCUT2D eigenvalue weighted by atomic mass is 9.94. The lowest BCUT2D eigenvalue weighted by Gasteiger charge is -2.23. The molecule has 1 aliphatic rings. The van der Waals surface area contributed by atoms with Crippen molar-refractivity contribution in [3.63, 3.8) is 0 Å². The summed E-state index contributed by atoms with van der Waals surface area (Å²) in [6, 6.07) is 14.3. The molecular weight excluding hydrogens is 302 g/mol. The van der Waals surface area contributed by atoms with Crippen molar-refractivity contribution in [2.24, 2.45) is 5.73 Å². The zero-order valence-corrected chi connectivity index (χ0v) is 12.2. The molecule has 0 saturated carbocycles. The molecule has 0 radical (unpaired) electrons. The number of nitrogens with two attached hydrogens (primary N) is 1. The first-order valence-electron chi connectivity index (χ1n) is 6.51. The molecule has 3 heteroatoms. The number of fused-ring (bicyclic) bond motifs is 1. The van der Waals surface area contributed by atoms with Gasteiger partial charge in [0, 0.05) is 10.0 Å². The number of rotatable bonds is 2. The molecule has 1 aliphatic heterocycles. The molecule has 0 aromatic heterocycles. The summed E-state index contributed by atoms with van der Waals surface area (Å²) in [6.07, 6.45) is 2.17. The Morgan fingerprint density at radius 1 is 1.11 bits per heavy atom. The Hall–Kier alpha value is -1.32.